The lowest BCUT2D eigenvalue weighted by atomic mass is 10.0. The van der Waals surface area contributed by atoms with E-state index in [2.05, 4.69) is 9.97 Å². The molecule has 0 aliphatic carbocycles. The second kappa shape index (κ2) is 9.88. The van der Waals surface area contributed by atoms with Crippen LogP contribution in [0.2, 0.25) is 0 Å². The maximum absolute atomic E-state index is 13.3. The fraction of sp³-hybridized carbons (Fsp3) is 0.259. The van der Waals surface area contributed by atoms with Crippen molar-refractivity contribution < 1.29 is 19.7 Å². The number of Topliss-reactive ketones (excluding diaryl/α,β-unsaturated/α-hetero) is 1. The van der Waals surface area contributed by atoms with Crippen molar-refractivity contribution in [1.82, 2.24) is 24.1 Å². The van der Waals surface area contributed by atoms with E-state index >= 15 is 0 Å². The number of aryl methyl sites for hydroxylation is 2. The molecule has 0 saturated heterocycles. The first-order valence-corrected chi connectivity index (χ1v) is 11.7. The average Bonchev–Trinajstić information content (AvgIpc) is 3.43. The molecule has 184 valence electrons. The van der Waals surface area contributed by atoms with Gasteiger partial charge in [-0.1, -0.05) is 18.2 Å². The van der Waals surface area contributed by atoms with Crippen LogP contribution in [0.25, 0.3) is 16.6 Å². The molecule has 1 unspecified atom stereocenters. The van der Waals surface area contributed by atoms with E-state index in [-0.39, 0.29) is 25.4 Å². The van der Waals surface area contributed by atoms with Gasteiger partial charge in [0.15, 0.2) is 5.78 Å². The van der Waals surface area contributed by atoms with Crippen LogP contribution in [-0.4, -0.2) is 59.5 Å². The molecule has 9 heteroatoms. The van der Waals surface area contributed by atoms with Gasteiger partial charge in [-0.05, 0) is 43.7 Å². The Kier molecular flexibility index (Phi) is 6.49. The highest BCUT2D eigenvalue weighted by Crippen LogP contribution is 2.25. The van der Waals surface area contributed by atoms with Crippen LogP contribution in [0.15, 0.2) is 60.9 Å². The normalized spacial score (nSPS) is 12.3. The molecule has 0 saturated carbocycles. The van der Waals surface area contributed by atoms with E-state index < -0.39 is 6.10 Å². The molecule has 1 atom stereocenters. The van der Waals surface area contributed by atoms with Crippen LogP contribution >= 0.6 is 0 Å². The summed E-state index contributed by atoms with van der Waals surface area (Å²) in [5, 5.41) is 24.1. The number of pyridine rings is 2. The third-order valence-electron chi connectivity index (χ3n) is 6.07. The Morgan fingerprint density at radius 1 is 1.14 bits per heavy atom. The first-order valence-electron chi connectivity index (χ1n) is 11.7. The van der Waals surface area contributed by atoms with Crippen LogP contribution in [0.4, 0.5) is 0 Å². The maximum atomic E-state index is 13.3. The molecule has 0 amide bonds. The van der Waals surface area contributed by atoms with E-state index in [1.807, 2.05) is 54.9 Å². The summed E-state index contributed by atoms with van der Waals surface area (Å²) >= 11 is 0. The SMILES string of the molecule is Cc1cccc(Cn2nc(C)c3c(CC(=O)c4cnc5cc(OCC(O)CO)ccn45)cccc32)n1. The summed E-state index contributed by atoms with van der Waals surface area (Å²) in [6.07, 6.45) is 2.53. The molecule has 0 spiro atoms. The summed E-state index contributed by atoms with van der Waals surface area (Å²) in [6, 6.07) is 15.3. The molecule has 0 bridgehead atoms. The number of imidazole rings is 1. The standard InChI is InChI=1S/C27H27N5O4/c1-17-5-3-7-20(29-17)14-32-23-8-4-6-19(27(23)18(2)30-32)11-25(35)24-13-28-26-12-22(9-10-31(24)26)36-16-21(34)15-33/h3-10,12-13,21,33-34H,11,14-16H2,1-2H3. The van der Waals surface area contributed by atoms with Crippen molar-refractivity contribution in [2.75, 3.05) is 13.2 Å². The van der Waals surface area contributed by atoms with Crippen molar-refractivity contribution in [1.29, 1.82) is 0 Å². The molecule has 4 aromatic heterocycles. The van der Waals surface area contributed by atoms with Crippen LogP contribution < -0.4 is 4.74 Å². The van der Waals surface area contributed by atoms with Crippen molar-refractivity contribution in [2.24, 2.45) is 0 Å². The molecule has 5 rings (SSSR count). The molecule has 5 aromatic rings. The van der Waals surface area contributed by atoms with Gasteiger partial charge in [-0.25, -0.2) is 4.98 Å². The van der Waals surface area contributed by atoms with Gasteiger partial charge < -0.3 is 14.9 Å². The van der Waals surface area contributed by atoms with Crippen molar-refractivity contribution >= 4 is 22.3 Å². The molecule has 0 aliphatic rings. The predicted molar refractivity (Wildman–Crippen MR) is 134 cm³/mol. The highest BCUT2D eigenvalue weighted by atomic mass is 16.5. The summed E-state index contributed by atoms with van der Waals surface area (Å²) in [7, 11) is 0. The monoisotopic (exact) mass is 485 g/mol. The number of aliphatic hydroxyl groups is 2. The zero-order chi connectivity index (χ0) is 25.2. The number of ether oxygens (including phenoxy) is 1. The van der Waals surface area contributed by atoms with Crippen LogP contribution in [0.5, 0.6) is 5.75 Å². The molecule has 0 radical (unpaired) electrons. The number of benzene rings is 1. The Labute approximate surface area is 207 Å². The molecule has 2 N–H and O–H groups in total. The lowest BCUT2D eigenvalue weighted by molar-refractivity contribution is 0.0536. The van der Waals surface area contributed by atoms with Crippen molar-refractivity contribution in [2.45, 2.75) is 32.9 Å². The molecular formula is C27H27N5O4. The number of nitrogens with zero attached hydrogens (tertiary/aromatic N) is 5. The number of hydrogen-bond donors (Lipinski definition) is 2. The van der Waals surface area contributed by atoms with Gasteiger partial charge in [0, 0.05) is 29.8 Å². The molecule has 4 heterocycles. The Morgan fingerprint density at radius 2 is 1.97 bits per heavy atom. The van der Waals surface area contributed by atoms with Gasteiger partial charge in [0.1, 0.15) is 29.8 Å². The van der Waals surface area contributed by atoms with Crippen LogP contribution in [0.1, 0.15) is 33.1 Å². The fourth-order valence-corrected chi connectivity index (χ4v) is 4.38. The largest absolute Gasteiger partial charge is 0.491 e. The van der Waals surface area contributed by atoms with E-state index in [9.17, 15) is 9.90 Å². The number of carbonyl (C=O) groups is 1. The number of ketones is 1. The fourth-order valence-electron chi connectivity index (χ4n) is 4.38. The predicted octanol–water partition coefficient (Wildman–Crippen LogP) is 2.90. The number of aliphatic hydroxyl groups excluding tert-OH is 2. The maximum Gasteiger partial charge on any atom is 0.185 e. The molecule has 0 fully saturated rings. The Balaban J connectivity index is 1.40. The highest BCUT2D eigenvalue weighted by Gasteiger charge is 2.18. The smallest absolute Gasteiger partial charge is 0.185 e. The molecular weight excluding hydrogens is 458 g/mol. The highest BCUT2D eigenvalue weighted by molar-refractivity contribution is 5.99. The van der Waals surface area contributed by atoms with E-state index in [0.717, 1.165) is 33.5 Å². The van der Waals surface area contributed by atoms with Gasteiger partial charge in [-0.3, -0.25) is 18.9 Å². The minimum Gasteiger partial charge on any atom is -0.491 e. The van der Waals surface area contributed by atoms with Crippen molar-refractivity contribution in [3.05, 3.63) is 89.3 Å². The Bertz CT molecular complexity index is 1550. The summed E-state index contributed by atoms with van der Waals surface area (Å²) in [5.41, 5.74) is 5.66. The van der Waals surface area contributed by atoms with Crippen LogP contribution in [0, 0.1) is 13.8 Å². The Hall–Kier alpha value is -4.08. The van der Waals surface area contributed by atoms with Crippen molar-refractivity contribution in [3.8, 4) is 5.75 Å². The van der Waals surface area contributed by atoms with E-state index in [0.29, 0.717) is 23.6 Å². The number of rotatable bonds is 9. The summed E-state index contributed by atoms with van der Waals surface area (Å²) < 4.78 is 9.14. The number of carbonyl (C=O) groups excluding carboxylic acids is 1. The molecule has 0 aliphatic heterocycles. The lowest BCUT2D eigenvalue weighted by Gasteiger charge is -2.10. The summed E-state index contributed by atoms with van der Waals surface area (Å²) in [6.45, 7) is 4.07. The van der Waals surface area contributed by atoms with Gasteiger partial charge in [-0.15, -0.1) is 0 Å². The van der Waals surface area contributed by atoms with Gasteiger partial charge in [0.05, 0.1) is 36.3 Å². The van der Waals surface area contributed by atoms with Crippen LogP contribution in [-0.2, 0) is 13.0 Å². The zero-order valence-corrected chi connectivity index (χ0v) is 20.1. The first-order chi connectivity index (χ1) is 17.4. The van der Waals surface area contributed by atoms with E-state index in [4.69, 9.17) is 14.9 Å². The minimum absolute atomic E-state index is 0.0316. The average molecular weight is 486 g/mol. The second-order valence-corrected chi connectivity index (χ2v) is 8.81. The first kappa shape index (κ1) is 23.7. The lowest BCUT2D eigenvalue weighted by Crippen LogP contribution is -2.21. The summed E-state index contributed by atoms with van der Waals surface area (Å²) in [4.78, 5) is 22.3. The molecule has 1 aromatic carbocycles. The zero-order valence-electron chi connectivity index (χ0n) is 20.1. The third-order valence-corrected chi connectivity index (χ3v) is 6.07. The van der Waals surface area contributed by atoms with Crippen molar-refractivity contribution in [3.63, 3.8) is 0 Å². The molecule has 9 nitrogen and oxygen atoms in total. The van der Waals surface area contributed by atoms with Gasteiger partial charge in [0.2, 0.25) is 0 Å². The molecule has 36 heavy (non-hydrogen) atoms. The van der Waals surface area contributed by atoms with Crippen LogP contribution in [0.3, 0.4) is 0 Å². The van der Waals surface area contributed by atoms with Gasteiger partial charge in [-0.2, -0.15) is 5.10 Å². The number of aromatic nitrogens is 5. The number of fused-ring (bicyclic) bond motifs is 2. The van der Waals surface area contributed by atoms with E-state index in [1.165, 1.54) is 0 Å². The third kappa shape index (κ3) is 4.71. The number of hydrogen-bond acceptors (Lipinski definition) is 7. The topological polar surface area (TPSA) is 115 Å². The second-order valence-electron chi connectivity index (χ2n) is 8.81. The van der Waals surface area contributed by atoms with E-state index in [1.54, 1.807) is 28.9 Å². The summed E-state index contributed by atoms with van der Waals surface area (Å²) in [5.74, 6) is 0.433. The van der Waals surface area contributed by atoms with Gasteiger partial charge in [0.25, 0.3) is 0 Å². The quantitative estimate of drug-likeness (QED) is 0.309. The minimum atomic E-state index is -0.957. The van der Waals surface area contributed by atoms with Gasteiger partial charge >= 0.3 is 0 Å². The Morgan fingerprint density at radius 3 is 2.78 bits per heavy atom.